The van der Waals surface area contributed by atoms with Gasteiger partial charge in [-0.25, -0.2) is 0 Å². The van der Waals surface area contributed by atoms with Crippen LogP contribution in [-0.4, -0.2) is 0 Å². The Morgan fingerprint density at radius 1 is 0.211 bits per heavy atom. The molecule has 0 heteroatoms. The number of rotatable bonds is 34. The predicted octanol–water partition coefficient (Wildman–Crippen LogP) is 14.9. The molecule has 0 radical (unpaired) electrons. The third-order valence-electron chi connectivity index (χ3n) is 9.15. The Labute approximate surface area is 244 Å². The van der Waals surface area contributed by atoms with Crippen molar-refractivity contribution in [1.29, 1.82) is 0 Å². The van der Waals surface area contributed by atoms with Crippen molar-refractivity contribution in [3.63, 3.8) is 0 Å². The van der Waals surface area contributed by atoms with Crippen molar-refractivity contribution >= 4 is 0 Å². The highest BCUT2D eigenvalue weighted by Gasteiger charge is 2.08. The van der Waals surface area contributed by atoms with Crippen LogP contribution in [0.15, 0.2) is 0 Å². The van der Waals surface area contributed by atoms with Crippen LogP contribution in [0.5, 0.6) is 0 Å². The zero-order valence-corrected chi connectivity index (χ0v) is 27.6. The molecule has 0 aromatic rings. The lowest BCUT2D eigenvalue weighted by molar-refractivity contribution is 0.366. The maximum atomic E-state index is 2.35. The van der Waals surface area contributed by atoms with E-state index in [4.69, 9.17) is 0 Å². The lowest BCUT2D eigenvalue weighted by atomic mass is 9.89. The average Bonchev–Trinajstić information content (AvgIpc) is 2.93. The third kappa shape index (κ3) is 32.2. The molecule has 0 aliphatic heterocycles. The molecule has 0 aromatic heterocycles. The molecule has 0 nitrogen and oxygen atoms in total. The SMILES string of the molecule is CCCCCCCCCCCCCCCCC(CCCCCC)CCCCCCCCCCCCCCC. The first-order valence-corrected chi connectivity index (χ1v) is 18.8. The van der Waals surface area contributed by atoms with Crippen molar-refractivity contribution in [2.75, 3.05) is 0 Å². The molecule has 0 aliphatic rings. The van der Waals surface area contributed by atoms with Crippen molar-refractivity contribution < 1.29 is 0 Å². The molecule has 1 unspecified atom stereocenters. The Hall–Kier alpha value is 0. The molecule has 0 saturated heterocycles. The van der Waals surface area contributed by atoms with E-state index in [1.54, 1.807) is 0 Å². The molecular formula is C38H78. The van der Waals surface area contributed by atoms with Crippen LogP contribution in [0.2, 0.25) is 0 Å². The molecule has 1 atom stereocenters. The van der Waals surface area contributed by atoms with Crippen molar-refractivity contribution in [2.45, 2.75) is 239 Å². The van der Waals surface area contributed by atoms with E-state index in [0.717, 1.165) is 5.92 Å². The molecule has 0 saturated carbocycles. The molecule has 0 aromatic carbocycles. The standard InChI is InChI=1S/C38H78/c1-4-7-10-13-15-17-19-21-23-25-27-29-31-34-37-38(35-32-12-9-6-3)36-33-30-28-26-24-22-20-18-16-14-11-8-5-2/h38H,4-37H2,1-3H3. The third-order valence-corrected chi connectivity index (χ3v) is 9.15. The van der Waals surface area contributed by atoms with Crippen molar-refractivity contribution in [2.24, 2.45) is 5.92 Å². The minimum absolute atomic E-state index is 1.04. The summed E-state index contributed by atoms with van der Waals surface area (Å²) < 4.78 is 0. The zero-order valence-electron chi connectivity index (χ0n) is 27.6. The van der Waals surface area contributed by atoms with E-state index < -0.39 is 0 Å². The second-order valence-electron chi connectivity index (χ2n) is 13.1. The molecule has 0 bridgehead atoms. The Balaban J connectivity index is 3.63. The van der Waals surface area contributed by atoms with Gasteiger partial charge in [-0.15, -0.1) is 0 Å². The van der Waals surface area contributed by atoms with Gasteiger partial charge in [0.1, 0.15) is 0 Å². The topological polar surface area (TPSA) is 0 Å². The summed E-state index contributed by atoms with van der Waals surface area (Å²) in [6, 6.07) is 0. The first-order chi connectivity index (χ1) is 18.8. The summed E-state index contributed by atoms with van der Waals surface area (Å²) in [6.07, 6.45) is 50.3. The minimum Gasteiger partial charge on any atom is -0.0654 e. The molecule has 0 spiro atoms. The van der Waals surface area contributed by atoms with E-state index in [9.17, 15) is 0 Å². The van der Waals surface area contributed by atoms with Gasteiger partial charge in [-0.05, 0) is 5.92 Å². The fourth-order valence-electron chi connectivity index (χ4n) is 6.37. The monoisotopic (exact) mass is 535 g/mol. The van der Waals surface area contributed by atoms with E-state index in [-0.39, 0.29) is 0 Å². The zero-order chi connectivity index (χ0) is 27.6. The van der Waals surface area contributed by atoms with Gasteiger partial charge in [-0.3, -0.25) is 0 Å². The van der Waals surface area contributed by atoms with Crippen LogP contribution in [0.4, 0.5) is 0 Å². The maximum absolute atomic E-state index is 2.35. The normalized spacial score (nSPS) is 12.4. The quantitative estimate of drug-likeness (QED) is 0.0720. The summed E-state index contributed by atoms with van der Waals surface area (Å²) in [7, 11) is 0. The van der Waals surface area contributed by atoms with E-state index >= 15 is 0 Å². The Morgan fingerprint density at radius 2 is 0.368 bits per heavy atom. The molecule has 38 heavy (non-hydrogen) atoms. The van der Waals surface area contributed by atoms with Crippen molar-refractivity contribution in [1.82, 2.24) is 0 Å². The highest BCUT2D eigenvalue weighted by Crippen LogP contribution is 2.25. The van der Waals surface area contributed by atoms with Gasteiger partial charge < -0.3 is 0 Å². The summed E-state index contributed by atoms with van der Waals surface area (Å²) in [4.78, 5) is 0. The van der Waals surface area contributed by atoms with Crippen LogP contribution in [0.1, 0.15) is 239 Å². The summed E-state index contributed by atoms with van der Waals surface area (Å²) in [6.45, 7) is 6.97. The van der Waals surface area contributed by atoms with Crippen LogP contribution in [0.3, 0.4) is 0 Å². The predicted molar refractivity (Wildman–Crippen MR) is 177 cm³/mol. The first-order valence-electron chi connectivity index (χ1n) is 18.8. The smallest absolute Gasteiger partial charge is 0.0414 e. The van der Waals surface area contributed by atoms with Crippen LogP contribution in [0.25, 0.3) is 0 Å². The second kappa shape index (κ2) is 35.0. The highest BCUT2D eigenvalue weighted by atomic mass is 14.1. The number of hydrogen-bond donors (Lipinski definition) is 0. The van der Waals surface area contributed by atoms with Crippen LogP contribution < -0.4 is 0 Å². The fourth-order valence-corrected chi connectivity index (χ4v) is 6.37. The summed E-state index contributed by atoms with van der Waals surface area (Å²) in [5.41, 5.74) is 0. The van der Waals surface area contributed by atoms with Crippen LogP contribution >= 0.6 is 0 Å². The van der Waals surface area contributed by atoms with Gasteiger partial charge in [0, 0.05) is 0 Å². The Morgan fingerprint density at radius 3 is 0.579 bits per heavy atom. The van der Waals surface area contributed by atoms with Gasteiger partial charge in [-0.1, -0.05) is 239 Å². The Kier molecular flexibility index (Phi) is 35.0. The lowest BCUT2D eigenvalue weighted by Gasteiger charge is -2.17. The molecule has 230 valence electrons. The molecular weight excluding hydrogens is 456 g/mol. The van der Waals surface area contributed by atoms with Crippen molar-refractivity contribution in [3.8, 4) is 0 Å². The van der Waals surface area contributed by atoms with Crippen LogP contribution in [0, 0.1) is 5.92 Å². The van der Waals surface area contributed by atoms with E-state index in [1.807, 2.05) is 0 Å². The first kappa shape index (κ1) is 38.0. The van der Waals surface area contributed by atoms with E-state index in [0.29, 0.717) is 0 Å². The Bertz CT molecular complexity index is 385. The summed E-state index contributed by atoms with van der Waals surface area (Å²) >= 11 is 0. The molecule has 0 rings (SSSR count). The molecule has 0 aliphatic carbocycles. The van der Waals surface area contributed by atoms with Gasteiger partial charge in [0.05, 0.1) is 0 Å². The van der Waals surface area contributed by atoms with Gasteiger partial charge in [0.15, 0.2) is 0 Å². The average molecular weight is 535 g/mol. The molecule has 0 amide bonds. The fraction of sp³-hybridized carbons (Fsp3) is 1.00. The van der Waals surface area contributed by atoms with Crippen molar-refractivity contribution in [3.05, 3.63) is 0 Å². The second-order valence-corrected chi connectivity index (χ2v) is 13.1. The van der Waals surface area contributed by atoms with Crippen LogP contribution in [-0.2, 0) is 0 Å². The lowest BCUT2D eigenvalue weighted by Crippen LogP contribution is -2.01. The number of hydrogen-bond acceptors (Lipinski definition) is 0. The van der Waals surface area contributed by atoms with Gasteiger partial charge in [-0.2, -0.15) is 0 Å². The summed E-state index contributed by atoms with van der Waals surface area (Å²) in [5.74, 6) is 1.04. The van der Waals surface area contributed by atoms with Gasteiger partial charge in [0.25, 0.3) is 0 Å². The molecule has 0 N–H and O–H groups in total. The molecule has 0 fully saturated rings. The van der Waals surface area contributed by atoms with Gasteiger partial charge in [0.2, 0.25) is 0 Å². The number of unbranched alkanes of at least 4 members (excludes halogenated alkanes) is 28. The van der Waals surface area contributed by atoms with Gasteiger partial charge >= 0.3 is 0 Å². The minimum atomic E-state index is 1.04. The largest absolute Gasteiger partial charge is 0.0654 e. The van der Waals surface area contributed by atoms with E-state index in [1.165, 1.54) is 218 Å². The summed E-state index contributed by atoms with van der Waals surface area (Å²) in [5, 5.41) is 0. The highest BCUT2D eigenvalue weighted by molar-refractivity contribution is 4.62. The molecule has 0 heterocycles. The maximum Gasteiger partial charge on any atom is -0.0414 e. The van der Waals surface area contributed by atoms with E-state index in [2.05, 4.69) is 20.8 Å².